The van der Waals surface area contributed by atoms with Crippen LogP contribution >= 0.6 is 0 Å². The van der Waals surface area contributed by atoms with Crippen LogP contribution in [0.1, 0.15) is 39.7 Å². The van der Waals surface area contributed by atoms with Gasteiger partial charge in [-0.05, 0) is 39.7 Å². The second-order valence-corrected chi connectivity index (χ2v) is 9.80. The number of aromatic nitrogens is 7. The molecule has 0 saturated carbocycles. The number of ether oxygens (including phenoxy) is 1. The number of aromatic amines is 1. The molecule has 4 aromatic heterocycles. The zero-order chi connectivity index (χ0) is 25.3. The van der Waals surface area contributed by atoms with Gasteiger partial charge in [0.2, 0.25) is 0 Å². The Kier molecular flexibility index (Phi) is 6.13. The van der Waals surface area contributed by atoms with E-state index in [4.69, 9.17) is 10.5 Å². The van der Waals surface area contributed by atoms with E-state index in [2.05, 4.69) is 30.0 Å². The molecule has 5 heterocycles. The largest absolute Gasteiger partial charge is 0.444 e. The highest BCUT2D eigenvalue weighted by atomic mass is 16.6. The van der Waals surface area contributed by atoms with E-state index in [-0.39, 0.29) is 12.1 Å². The minimum absolute atomic E-state index is 0.207. The highest BCUT2D eigenvalue weighted by Crippen LogP contribution is 2.30. The molecule has 0 bridgehead atoms. The maximum Gasteiger partial charge on any atom is 0.410 e. The van der Waals surface area contributed by atoms with Crippen LogP contribution in [0, 0.1) is 0 Å². The highest BCUT2D eigenvalue weighted by Gasteiger charge is 2.28. The molecule has 0 unspecified atom stereocenters. The van der Waals surface area contributed by atoms with Crippen LogP contribution in [0.2, 0.25) is 0 Å². The number of imidazole rings is 1. The number of nitrogens with two attached hydrogens (primary N) is 1. The maximum absolute atomic E-state index is 12.4. The lowest BCUT2D eigenvalue weighted by molar-refractivity contribution is 0.0185. The van der Waals surface area contributed by atoms with Crippen LogP contribution in [0.15, 0.2) is 49.4 Å². The maximum atomic E-state index is 12.4. The average molecular weight is 488 g/mol. The predicted octanol–water partition coefficient (Wildman–Crippen LogP) is 3.95. The summed E-state index contributed by atoms with van der Waals surface area (Å²) in [6.45, 7) is 6.90. The van der Waals surface area contributed by atoms with Crippen molar-refractivity contribution in [3.05, 3.63) is 49.4 Å². The Hall–Kier alpha value is -4.28. The molecule has 5 rings (SSSR count). The topological polar surface area (TPSA) is 141 Å². The molecule has 0 aliphatic carbocycles. The van der Waals surface area contributed by atoms with E-state index in [1.54, 1.807) is 35.9 Å². The second kappa shape index (κ2) is 9.40. The van der Waals surface area contributed by atoms with Crippen LogP contribution in [0.5, 0.6) is 0 Å². The molecule has 3 N–H and O–H groups in total. The van der Waals surface area contributed by atoms with Gasteiger partial charge in [0.05, 0.1) is 35.9 Å². The number of pyridine rings is 1. The zero-order valence-corrected chi connectivity index (χ0v) is 20.5. The molecule has 1 amide bonds. The van der Waals surface area contributed by atoms with Crippen LogP contribution in [0.4, 0.5) is 10.6 Å². The number of nitrogens with zero attached hydrogens (tertiary/aromatic N) is 7. The fourth-order valence-electron chi connectivity index (χ4n) is 4.18. The van der Waals surface area contributed by atoms with E-state index in [1.807, 2.05) is 43.9 Å². The summed E-state index contributed by atoms with van der Waals surface area (Å²) in [5, 5.41) is 4.60. The summed E-state index contributed by atoms with van der Waals surface area (Å²) in [5.74, 6) is 0.977. The highest BCUT2D eigenvalue weighted by molar-refractivity contribution is 5.76. The molecule has 11 nitrogen and oxygen atoms in total. The van der Waals surface area contributed by atoms with Crippen molar-refractivity contribution in [1.82, 2.24) is 39.6 Å². The molecular formula is C25H29N9O2. The summed E-state index contributed by atoms with van der Waals surface area (Å²) in [6, 6.07) is 2.16. The van der Waals surface area contributed by atoms with Gasteiger partial charge in [-0.3, -0.25) is 14.6 Å². The fraction of sp³-hybridized carbons (Fsp3) is 0.360. The molecule has 1 saturated heterocycles. The minimum Gasteiger partial charge on any atom is -0.444 e. The van der Waals surface area contributed by atoms with Gasteiger partial charge in [0.25, 0.3) is 0 Å². The molecule has 0 radical (unpaired) electrons. The predicted molar refractivity (Wildman–Crippen MR) is 135 cm³/mol. The van der Waals surface area contributed by atoms with Crippen molar-refractivity contribution in [2.24, 2.45) is 0 Å². The summed E-state index contributed by atoms with van der Waals surface area (Å²) in [6.07, 6.45) is 13.5. The molecule has 0 atom stereocenters. The van der Waals surface area contributed by atoms with Crippen molar-refractivity contribution in [1.29, 1.82) is 0 Å². The molecule has 0 spiro atoms. The van der Waals surface area contributed by atoms with Gasteiger partial charge in [-0.25, -0.2) is 14.8 Å². The molecule has 1 aliphatic rings. The van der Waals surface area contributed by atoms with E-state index in [0.29, 0.717) is 36.0 Å². The van der Waals surface area contributed by atoms with Gasteiger partial charge in [-0.2, -0.15) is 5.10 Å². The molecule has 4 aromatic rings. The Balaban J connectivity index is 1.30. The van der Waals surface area contributed by atoms with Gasteiger partial charge in [0.15, 0.2) is 0 Å². The first-order chi connectivity index (χ1) is 17.3. The Morgan fingerprint density at radius 2 is 1.86 bits per heavy atom. The third-order valence-electron chi connectivity index (χ3n) is 6.01. The first-order valence-electron chi connectivity index (χ1n) is 11.9. The summed E-state index contributed by atoms with van der Waals surface area (Å²) in [5.41, 5.74) is 9.63. The smallest absolute Gasteiger partial charge is 0.410 e. The molecular weight excluding hydrogens is 458 g/mol. The first-order valence-corrected chi connectivity index (χ1v) is 11.9. The quantitative estimate of drug-likeness (QED) is 0.441. The van der Waals surface area contributed by atoms with Gasteiger partial charge in [-0.1, -0.05) is 0 Å². The summed E-state index contributed by atoms with van der Waals surface area (Å²) in [7, 11) is 0. The number of hydrogen-bond donors (Lipinski definition) is 2. The lowest BCUT2D eigenvalue weighted by Crippen LogP contribution is -2.42. The summed E-state index contributed by atoms with van der Waals surface area (Å²) in [4.78, 5) is 34.6. The number of carbonyl (C=O) groups excluding carboxylic acids is 1. The normalized spacial score (nSPS) is 14.7. The summed E-state index contributed by atoms with van der Waals surface area (Å²) >= 11 is 0. The van der Waals surface area contributed by atoms with Gasteiger partial charge < -0.3 is 20.4 Å². The van der Waals surface area contributed by atoms with Gasteiger partial charge >= 0.3 is 6.09 Å². The first kappa shape index (κ1) is 23.5. The molecule has 36 heavy (non-hydrogen) atoms. The minimum atomic E-state index is -0.496. The van der Waals surface area contributed by atoms with Crippen LogP contribution < -0.4 is 5.73 Å². The lowest BCUT2D eigenvalue weighted by atomic mass is 10.1. The van der Waals surface area contributed by atoms with Crippen molar-refractivity contribution in [3.8, 4) is 33.9 Å². The molecule has 186 valence electrons. The third-order valence-corrected chi connectivity index (χ3v) is 6.01. The Morgan fingerprint density at radius 3 is 2.58 bits per heavy atom. The standard InChI is InChI=1S/C25H29N9O2/c1-25(2,3)36-24(35)33-8-4-18(5-9-33)34-15-17(12-31-34)16-10-19(22(26)29-11-16)23-30-14-21(32-23)20-13-27-6-7-28-20/h6-7,10-15,18H,4-5,8-9H2,1-3H3,(H2,26,29)(H,30,32). The Labute approximate surface area is 208 Å². The van der Waals surface area contributed by atoms with Gasteiger partial charge in [0, 0.05) is 49.0 Å². The van der Waals surface area contributed by atoms with E-state index in [9.17, 15) is 4.79 Å². The number of likely N-dealkylation sites (tertiary alicyclic amines) is 1. The number of nitrogen functional groups attached to an aromatic ring is 1. The van der Waals surface area contributed by atoms with Crippen molar-refractivity contribution in [2.75, 3.05) is 18.8 Å². The average Bonchev–Trinajstić information content (AvgIpc) is 3.55. The van der Waals surface area contributed by atoms with Gasteiger partial charge in [0.1, 0.15) is 22.9 Å². The lowest BCUT2D eigenvalue weighted by Gasteiger charge is -2.33. The van der Waals surface area contributed by atoms with E-state index in [1.165, 1.54) is 0 Å². The van der Waals surface area contributed by atoms with Crippen molar-refractivity contribution < 1.29 is 9.53 Å². The monoisotopic (exact) mass is 487 g/mol. The molecule has 1 aliphatic heterocycles. The van der Waals surface area contributed by atoms with Crippen LogP contribution in [0.25, 0.3) is 33.9 Å². The number of H-pyrrole nitrogens is 1. The number of hydrogen-bond acceptors (Lipinski definition) is 8. The van der Waals surface area contributed by atoms with Crippen LogP contribution in [-0.4, -0.2) is 64.4 Å². The number of rotatable bonds is 4. The SMILES string of the molecule is CC(C)(C)OC(=O)N1CCC(n2cc(-c3cnc(N)c(-c4ncc(-c5cnccn5)[nH]4)c3)cn2)CC1. The number of carbonyl (C=O) groups is 1. The number of anilines is 1. The number of nitrogens with one attached hydrogen (secondary N) is 1. The molecule has 0 aromatic carbocycles. The van der Waals surface area contributed by atoms with E-state index in [0.717, 1.165) is 29.7 Å². The Bertz CT molecular complexity index is 1350. The number of amides is 1. The van der Waals surface area contributed by atoms with Crippen molar-refractivity contribution in [2.45, 2.75) is 45.3 Å². The number of piperidine rings is 1. The molecule has 1 fully saturated rings. The fourth-order valence-corrected chi connectivity index (χ4v) is 4.18. The van der Waals surface area contributed by atoms with Gasteiger partial charge in [-0.15, -0.1) is 0 Å². The van der Waals surface area contributed by atoms with Crippen molar-refractivity contribution in [3.63, 3.8) is 0 Å². The van der Waals surface area contributed by atoms with Crippen LogP contribution in [-0.2, 0) is 4.74 Å². The molecule has 11 heteroatoms. The second-order valence-electron chi connectivity index (χ2n) is 9.80. The van der Waals surface area contributed by atoms with E-state index >= 15 is 0 Å². The summed E-state index contributed by atoms with van der Waals surface area (Å²) < 4.78 is 7.47. The van der Waals surface area contributed by atoms with Crippen LogP contribution in [0.3, 0.4) is 0 Å². The zero-order valence-electron chi connectivity index (χ0n) is 20.5. The Morgan fingerprint density at radius 1 is 1.06 bits per heavy atom. The third kappa shape index (κ3) is 5.04. The van der Waals surface area contributed by atoms with Crippen molar-refractivity contribution >= 4 is 11.9 Å². The van der Waals surface area contributed by atoms with E-state index < -0.39 is 5.60 Å².